The number of carbonyl (C=O) groups is 2. The monoisotopic (exact) mass is 249 g/mol. The Kier molecular flexibility index (Phi) is 4.89. The van der Waals surface area contributed by atoms with Crippen LogP contribution < -0.4 is 0 Å². The highest BCUT2D eigenvalue weighted by Gasteiger charge is 2.12. The number of ether oxygens (including phenoxy) is 2. The molecule has 4 heteroatoms. The zero-order valence-corrected chi connectivity index (χ0v) is 11.0. The van der Waals surface area contributed by atoms with E-state index in [1.807, 2.05) is 0 Å². The van der Waals surface area contributed by atoms with E-state index in [1.165, 1.54) is 18.2 Å². The van der Waals surface area contributed by atoms with Crippen molar-refractivity contribution in [3.8, 4) is 0 Å². The van der Waals surface area contributed by atoms with E-state index in [9.17, 15) is 9.59 Å². The smallest absolute Gasteiger partial charge is 0.339 e. The quantitative estimate of drug-likeness (QED) is 0.770. The van der Waals surface area contributed by atoms with E-state index < -0.39 is 11.9 Å². The van der Waals surface area contributed by atoms with Crippen LogP contribution >= 0.6 is 0 Å². The first kappa shape index (κ1) is 14.2. The van der Waals surface area contributed by atoms with Crippen molar-refractivity contribution in [2.45, 2.75) is 39.9 Å². The Morgan fingerprint density at radius 2 is 1.56 bits per heavy atom. The van der Waals surface area contributed by atoms with Crippen LogP contribution in [-0.4, -0.2) is 24.1 Å². The molecule has 0 spiro atoms. The Morgan fingerprint density at radius 1 is 1.00 bits per heavy atom. The van der Waals surface area contributed by atoms with Crippen LogP contribution in [0, 0.1) is 6.07 Å². The summed E-state index contributed by atoms with van der Waals surface area (Å²) in [6.07, 6.45) is -0.362. The van der Waals surface area contributed by atoms with Gasteiger partial charge in [-0.2, -0.15) is 0 Å². The lowest BCUT2D eigenvalue weighted by atomic mass is 10.1. The predicted molar refractivity (Wildman–Crippen MR) is 66.4 cm³/mol. The van der Waals surface area contributed by atoms with Crippen molar-refractivity contribution in [1.82, 2.24) is 0 Å². The van der Waals surface area contributed by atoms with E-state index >= 15 is 0 Å². The maximum Gasteiger partial charge on any atom is 0.339 e. The second kappa shape index (κ2) is 6.19. The molecule has 0 unspecified atom stereocenters. The average molecular weight is 249 g/mol. The molecule has 0 aliphatic heterocycles. The zero-order chi connectivity index (χ0) is 13.7. The first-order valence-corrected chi connectivity index (χ1v) is 5.84. The molecule has 0 aliphatic rings. The second-order valence-electron chi connectivity index (χ2n) is 4.40. The fourth-order valence-corrected chi connectivity index (χ4v) is 1.24. The van der Waals surface area contributed by atoms with Crippen LogP contribution in [0.2, 0.25) is 0 Å². The summed E-state index contributed by atoms with van der Waals surface area (Å²) >= 11 is 0. The van der Waals surface area contributed by atoms with Crippen LogP contribution in [0.3, 0.4) is 0 Å². The molecule has 1 radical (unpaired) electrons. The maximum atomic E-state index is 11.6. The minimum atomic E-state index is -0.450. The molecular formula is C14H17O4. The van der Waals surface area contributed by atoms with Crippen LogP contribution in [-0.2, 0) is 9.47 Å². The van der Waals surface area contributed by atoms with Crippen LogP contribution in [0.15, 0.2) is 18.2 Å². The highest BCUT2D eigenvalue weighted by molar-refractivity contribution is 5.93. The predicted octanol–water partition coefficient (Wildman–Crippen LogP) is 2.62. The van der Waals surface area contributed by atoms with Gasteiger partial charge in [-0.25, -0.2) is 9.59 Å². The SMILES string of the molecule is CC(C)OC(=O)c1[c]cc(C(=O)OC(C)C)cc1. The fourth-order valence-electron chi connectivity index (χ4n) is 1.24. The Bertz CT molecular complexity index is 377. The maximum absolute atomic E-state index is 11.6. The first-order chi connectivity index (χ1) is 8.40. The summed E-state index contributed by atoms with van der Waals surface area (Å²) in [6.45, 7) is 7.09. The summed E-state index contributed by atoms with van der Waals surface area (Å²) in [4.78, 5) is 23.1. The Hall–Kier alpha value is -1.84. The van der Waals surface area contributed by atoms with Crippen molar-refractivity contribution in [2.24, 2.45) is 0 Å². The lowest BCUT2D eigenvalue weighted by Crippen LogP contribution is -2.13. The fraction of sp³-hybridized carbons (Fsp3) is 0.429. The molecule has 0 amide bonds. The molecule has 1 aromatic carbocycles. The summed E-state index contributed by atoms with van der Waals surface area (Å²) in [5.41, 5.74) is 0.662. The highest BCUT2D eigenvalue weighted by Crippen LogP contribution is 2.08. The van der Waals surface area contributed by atoms with Gasteiger partial charge in [0.05, 0.1) is 23.3 Å². The Morgan fingerprint density at radius 3 is 2.00 bits per heavy atom. The molecule has 0 fully saturated rings. The van der Waals surface area contributed by atoms with Gasteiger partial charge in [0.15, 0.2) is 0 Å². The van der Waals surface area contributed by atoms with Crippen LogP contribution in [0.1, 0.15) is 48.4 Å². The molecule has 0 aliphatic carbocycles. The Labute approximate surface area is 107 Å². The van der Waals surface area contributed by atoms with Crippen molar-refractivity contribution in [1.29, 1.82) is 0 Å². The summed E-state index contributed by atoms with van der Waals surface area (Å²) < 4.78 is 10.0. The van der Waals surface area contributed by atoms with Crippen molar-refractivity contribution in [3.63, 3.8) is 0 Å². The minimum absolute atomic E-state index is 0.178. The van der Waals surface area contributed by atoms with Gasteiger partial charge in [-0.15, -0.1) is 0 Å². The van der Waals surface area contributed by atoms with Gasteiger partial charge in [0.25, 0.3) is 0 Å². The number of hydrogen-bond acceptors (Lipinski definition) is 4. The van der Waals surface area contributed by atoms with Crippen molar-refractivity contribution >= 4 is 11.9 Å². The molecule has 18 heavy (non-hydrogen) atoms. The molecule has 97 valence electrons. The van der Waals surface area contributed by atoms with Crippen LogP contribution in [0.25, 0.3) is 0 Å². The third-order valence-corrected chi connectivity index (χ3v) is 1.95. The topological polar surface area (TPSA) is 52.6 Å². The molecule has 0 atom stereocenters. The standard InChI is InChI=1S/C14H17O4/c1-9(2)17-13(15)11-5-7-12(8-6-11)14(16)18-10(3)4/h5-7,9-10H,1-4H3. The zero-order valence-electron chi connectivity index (χ0n) is 11.0. The third-order valence-electron chi connectivity index (χ3n) is 1.95. The Balaban J connectivity index is 2.74. The summed E-state index contributed by atoms with van der Waals surface area (Å²) in [6, 6.07) is 7.18. The minimum Gasteiger partial charge on any atom is -0.459 e. The summed E-state index contributed by atoms with van der Waals surface area (Å²) in [5, 5.41) is 0. The van der Waals surface area contributed by atoms with E-state index in [0.717, 1.165) is 0 Å². The van der Waals surface area contributed by atoms with E-state index in [1.54, 1.807) is 27.7 Å². The lowest BCUT2D eigenvalue weighted by Gasteiger charge is -2.09. The lowest BCUT2D eigenvalue weighted by molar-refractivity contribution is 0.0361. The molecule has 1 aromatic rings. The molecule has 0 N–H and O–H groups in total. The molecule has 0 bridgehead atoms. The average Bonchev–Trinajstić information content (AvgIpc) is 2.27. The first-order valence-electron chi connectivity index (χ1n) is 5.84. The van der Waals surface area contributed by atoms with Crippen molar-refractivity contribution in [2.75, 3.05) is 0 Å². The highest BCUT2D eigenvalue weighted by atomic mass is 16.5. The molecule has 0 heterocycles. The van der Waals surface area contributed by atoms with E-state index in [4.69, 9.17) is 9.47 Å². The van der Waals surface area contributed by atoms with Gasteiger partial charge in [-0.1, -0.05) is 0 Å². The van der Waals surface area contributed by atoms with Crippen LogP contribution in [0.4, 0.5) is 0 Å². The van der Waals surface area contributed by atoms with Gasteiger partial charge < -0.3 is 9.47 Å². The number of esters is 2. The number of rotatable bonds is 4. The molecule has 4 nitrogen and oxygen atoms in total. The number of hydrogen-bond donors (Lipinski definition) is 0. The molecule has 0 aromatic heterocycles. The number of carbonyl (C=O) groups excluding carboxylic acids is 2. The molecular weight excluding hydrogens is 232 g/mol. The van der Waals surface area contributed by atoms with Gasteiger partial charge >= 0.3 is 11.9 Å². The molecule has 0 saturated heterocycles. The van der Waals surface area contributed by atoms with Gasteiger partial charge in [-0.05, 0) is 52.0 Å². The van der Waals surface area contributed by atoms with Crippen molar-refractivity contribution in [3.05, 3.63) is 35.4 Å². The molecule has 1 rings (SSSR count). The van der Waals surface area contributed by atoms with E-state index in [-0.39, 0.29) is 12.2 Å². The summed E-state index contributed by atoms with van der Waals surface area (Å²) in [7, 11) is 0. The molecule has 0 saturated carbocycles. The van der Waals surface area contributed by atoms with E-state index in [2.05, 4.69) is 6.07 Å². The van der Waals surface area contributed by atoms with Crippen LogP contribution in [0.5, 0.6) is 0 Å². The summed E-state index contributed by atoms with van der Waals surface area (Å²) in [5.74, 6) is -0.876. The number of benzene rings is 1. The van der Waals surface area contributed by atoms with Gasteiger partial charge in [0, 0.05) is 0 Å². The third kappa shape index (κ3) is 4.20. The van der Waals surface area contributed by atoms with Gasteiger partial charge in [-0.3, -0.25) is 0 Å². The largest absolute Gasteiger partial charge is 0.459 e. The van der Waals surface area contributed by atoms with Crippen molar-refractivity contribution < 1.29 is 19.1 Å². The van der Waals surface area contributed by atoms with Gasteiger partial charge in [0.1, 0.15) is 0 Å². The second-order valence-corrected chi connectivity index (χ2v) is 4.40. The van der Waals surface area contributed by atoms with E-state index in [0.29, 0.717) is 11.1 Å². The normalized spacial score (nSPS) is 10.6. The van der Waals surface area contributed by atoms with Gasteiger partial charge in [0.2, 0.25) is 0 Å².